The summed E-state index contributed by atoms with van der Waals surface area (Å²) in [5.74, 6) is 1.99. The van der Waals surface area contributed by atoms with Gasteiger partial charge in [-0.1, -0.05) is 36.4 Å². The molecule has 3 aromatic rings. The van der Waals surface area contributed by atoms with E-state index in [1.807, 2.05) is 36.4 Å². The summed E-state index contributed by atoms with van der Waals surface area (Å²) in [7, 11) is 4.87. The quantitative estimate of drug-likeness (QED) is 0.715. The number of benzene rings is 3. The smallest absolute Gasteiger partial charge is 0.172 e. The third-order valence-corrected chi connectivity index (χ3v) is 3.99. The lowest BCUT2D eigenvalue weighted by Gasteiger charge is -2.20. The van der Waals surface area contributed by atoms with E-state index in [2.05, 4.69) is 6.07 Å². The number of ether oxygens (including phenoxy) is 3. The standard InChI is InChI=1S/C20H17NO3/c1-22-18-15-6-4-5-7-16(15)19(23-2)20(24-3)17(18)14-10-8-13(12-21)9-11-14/h4-11H,1-3H3. The van der Waals surface area contributed by atoms with Crippen molar-refractivity contribution in [1.29, 1.82) is 5.26 Å². The number of hydrogen-bond donors (Lipinski definition) is 0. The van der Waals surface area contributed by atoms with Crippen molar-refractivity contribution >= 4 is 10.8 Å². The number of rotatable bonds is 4. The Morgan fingerprint density at radius 2 is 1.25 bits per heavy atom. The highest BCUT2D eigenvalue weighted by molar-refractivity contribution is 6.03. The summed E-state index contributed by atoms with van der Waals surface area (Å²) in [6, 6.07) is 17.3. The molecule has 24 heavy (non-hydrogen) atoms. The summed E-state index contributed by atoms with van der Waals surface area (Å²) in [6.45, 7) is 0. The van der Waals surface area contributed by atoms with E-state index in [4.69, 9.17) is 19.5 Å². The first kappa shape index (κ1) is 15.7. The minimum atomic E-state index is 0.601. The second kappa shape index (κ2) is 6.51. The van der Waals surface area contributed by atoms with E-state index in [-0.39, 0.29) is 0 Å². The van der Waals surface area contributed by atoms with Crippen molar-refractivity contribution in [1.82, 2.24) is 0 Å². The SMILES string of the molecule is COc1c(-c2ccc(C#N)cc2)c(OC)c2ccccc2c1OC. The van der Waals surface area contributed by atoms with Gasteiger partial charge in [0.05, 0.1) is 38.5 Å². The monoisotopic (exact) mass is 319 g/mol. The van der Waals surface area contributed by atoms with E-state index >= 15 is 0 Å². The van der Waals surface area contributed by atoms with Gasteiger partial charge in [-0.2, -0.15) is 5.26 Å². The Morgan fingerprint density at radius 1 is 0.708 bits per heavy atom. The molecule has 3 rings (SSSR count). The van der Waals surface area contributed by atoms with E-state index in [0.29, 0.717) is 22.8 Å². The lowest BCUT2D eigenvalue weighted by Crippen LogP contribution is -1.99. The maximum absolute atomic E-state index is 9.00. The van der Waals surface area contributed by atoms with Crippen LogP contribution >= 0.6 is 0 Å². The van der Waals surface area contributed by atoms with Gasteiger partial charge in [-0.15, -0.1) is 0 Å². The first-order chi connectivity index (χ1) is 11.7. The number of hydrogen-bond acceptors (Lipinski definition) is 4. The minimum absolute atomic E-state index is 0.601. The maximum Gasteiger partial charge on any atom is 0.172 e. The van der Waals surface area contributed by atoms with Crippen LogP contribution in [0.2, 0.25) is 0 Å². The van der Waals surface area contributed by atoms with Crippen molar-refractivity contribution in [3.05, 3.63) is 54.1 Å². The summed E-state index contributed by atoms with van der Waals surface area (Å²) in [5.41, 5.74) is 2.30. The molecule has 0 spiro atoms. The van der Waals surface area contributed by atoms with Crippen LogP contribution in [0.4, 0.5) is 0 Å². The molecule has 0 heterocycles. The van der Waals surface area contributed by atoms with Crippen molar-refractivity contribution in [3.8, 4) is 34.4 Å². The van der Waals surface area contributed by atoms with Gasteiger partial charge in [0, 0.05) is 10.8 Å². The zero-order chi connectivity index (χ0) is 17.1. The predicted molar refractivity (Wildman–Crippen MR) is 93.8 cm³/mol. The topological polar surface area (TPSA) is 51.5 Å². The highest BCUT2D eigenvalue weighted by Crippen LogP contribution is 2.50. The summed E-state index contributed by atoms with van der Waals surface area (Å²) in [4.78, 5) is 0. The van der Waals surface area contributed by atoms with Gasteiger partial charge < -0.3 is 14.2 Å². The van der Waals surface area contributed by atoms with Crippen LogP contribution in [-0.2, 0) is 0 Å². The van der Waals surface area contributed by atoms with Crippen LogP contribution in [-0.4, -0.2) is 21.3 Å². The highest BCUT2D eigenvalue weighted by atomic mass is 16.5. The Labute approximate surface area is 140 Å². The molecule has 0 radical (unpaired) electrons. The second-order valence-electron chi connectivity index (χ2n) is 5.21. The molecule has 3 aromatic carbocycles. The molecule has 0 N–H and O–H groups in total. The molecule has 0 saturated heterocycles. The van der Waals surface area contributed by atoms with Crippen LogP contribution in [0.1, 0.15) is 5.56 Å². The predicted octanol–water partition coefficient (Wildman–Crippen LogP) is 4.40. The lowest BCUT2D eigenvalue weighted by molar-refractivity contribution is 0.355. The van der Waals surface area contributed by atoms with Crippen LogP contribution in [0.3, 0.4) is 0 Å². The second-order valence-corrected chi connectivity index (χ2v) is 5.21. The van der Waals surface area contributed by atoms with Gasteiger partial charge in [-0.3, -0.25) is 0 Å². The number of methoxy groups -OCH3 is 3. The van der Waals surface area contributed by atoms with Gasteiger partial charge in [-0.25, -0.2) is 0 Å². The summed E-state index contributed by atoms with van der Waals surface area (Å²) in [6.07, 6.45) is 0. The van der Waals surface area contributed by atoms with Crippen molar-refractivity contribution in [2.24, 2.45) is 0 Å². The van der Waals surface area contributed by atoms with Crippen LogP contribution in [0.5, 0.6) is 17.2 Å². The Hall–Kier alpha value is -3.19. The van der Waals surface area contributed by atoms with Gasteiger partial charge >= 0.3 is 0 Å². The first-order valence-corrected chi connectivity index (χ1v) is 7.46. The zero-order valence-corrected chi connectivity index (χ0v) is 13.8. The third-order valence-electron chi connectivity index (χ3n) is 3.99. The molecule has 0 saturated carbocycles. The van der Waals surface area contributed by atoms with Gasteiger partial charge in [0.2, 0.25) is 0 Å². The highest BCUT2D eigenvalue weighted by Gasteiger charge is 2.22. The molecule has 0 aliphatic heterocycles. The molecule has 0 fully saturated rings. The number of nitriles is 1. The van der Waals surface area contributed by atoms with Gasteiger partial charge in [-0.05, 0) is 17.7 Å². The molecule has 4 nitrogen and oxygen atoms in total. The van der Waals surface area contributed by atoms with Crippen LogP contribution in [0, 0.1) is 11.3 Å². The van der Waals surface area contributed by atoms with Crippen molar-refractivity contribution < 1.29 is 14.2 Å². The fourth-order valence-electron chi connectivity index (χ4n) is 2.94. The fraction of sp³-hybridized carbons (Fsp3) is 0.150. The molecular weight excluding hydrogens is 302 g/mol. The molecule has 0 aliphatic rings. The molecule has 0 aliphatic carbocycles. The molecule has 0 unspecified atom stereocenters. The van der Waals surface area contributed by atoms with Crippen LogP contribution in [0.25, 0.3) is 21.9 Å². The summed E-state index contributed by atoms with van der Waals surface area (Å²) in [5, 5.41) is 10.9. The Bertz CT molecular complexity index is 924. The molecule has 0 atom stereocenters. The Kier molecular flexibility index (Phi) is 4.26. The molecule has 0 aromatic heterocycles. The maximum atomic E-state index is 9.00. The Balaban J connectivity index is 2.42. The van der Waals surface area contributed by atoms with E-state index in [9.17, 15) is 0 Å². The van der Waals surface area contributed by atoms with Gasteiger partial charge in [0.15, 0.2) is 11.5 Å². The average Bonchev–Trinajstić information content (AvgIpc) is 2.65. The van der Waals surface area contributed by atoms with Gasteiger partial charge in [0.1, 0.15) is 5.75 Å². The van der Waals surface area contributed by atoms with Crippen molar-refractivity contribution in [2.45, 2.75) is 0 Å². The zero-order valence-electron chi connectivity index (χ0n) is 13.8. The largest absolute Gasteiger partial charge is 0.495 e. The molecule has 0 bridgehead atoms. The van der Waals surface area contributed by atoms with Gasteiger partial charge in [0.25, 0.3) is 0 Å². The van der Waals surface area contributed by atoms with E-state index in [1.165, 1.54) is 0 Å². The van der Waals surface area contributed by atoms with E-state index in [1.54, 1.807) is 33.5 Å². The normalized spacial score (nSPS) is 10.2. The molecule has 120 valence electrons. The minimum Gasteiger partial charge on any atom is -0.495 e. The Morgan fingerprint density at radius 3 is 1.75 bits per heavy atom. The third kappa shape index (κ3) is 2.40. The average molecular weight is 319 g/mol. The summed E-state index contributed by atoms with van der Waals surface area (Å²) >= 11 is 0. The fourth-order valence-corrected chi connectivity index (χ4v) is 2.94. The van der Waals surface area contributed by atoms with Crippen LogP contribution < -0.4 is 14.2 Å². The molecule has 4 heteroatoms. The number of fused-ring (bicyclic) bond motifs is 1. The first-order valence-electron chi connectivity index (χ1n) is 7.46. The molecular formula is C20H17NO3. The van der Waals surface area contributed by atoms with E-state index < -0.39 is 0 Å². The van der Waals surface area contributed by atoms with Crippen LogP contribution in [0.15, 0.2) is 48.5 Å². The molecule has 0 amide bonds. The summed E-state index contributed by atoms with van der Waals surface area (Å²) < 4.78 is 17.0. The van der Waals surface area contributed by atoms with Crippen molar-refractivity contribution in [3.63, 3.8) is 0 Å². The van der Waals surface area contributed by atoms with E-state index in [0.717, 1.165) is 21.9 Å². The van der Waals surface area contributed by atoms with Crippen molar-refractivity contribution in [2.75, 3.05) is 21.3 Å². The number of nitrogens with zero attached hydrogens (tertiary/aromatic N) is 1. The lowest BCUT2D eigenvalue weighted by atomic mass is 9.96.